The summed E-state index contributed by atoms with van der Waals surface area (Å²) < 4.78 is 0. The second-order valence-corrected chi connectivity index (χ2v) is 6.05. The van der Waals surface area contributed by atoms with Gasteiger partial charge in [0.2, 0.25) is 6.41 Å². The molecule has 130 valence electrons. The van der Waals surface area contributed by atoms with Gasteiger partial charge in [0.25, 0.3) is 0 Å². The molecule has 0 atom stereocenters. The largest absolute Gasteiger partial charge is 0.353 e. The number of Topliss-reactive ketones (excluding diaryl/α,β-unsaturated/α-hetero) is 1. The maximum atomic E-state index is 11.5. The number of hydrogen-bond acceptors (Lipinski definition) is 6. The molecule has 1 saturated heterocycles. The lowest BCUT2D eigenvalue weighted by atomic mass is 10.1. The molecule has 3 rings (SSSR count). The maximum absolute atomic E-state index is 11.5. The fourth-order valence-electron chi connectivity index (χ4n) is 2.80. The van der Waals surface area contributed by atoms with Crippen LogP contribution >= 0.6 is 0 Å². The van der Waals surface area contributed by atoms with E-state index in [1.54, 1.807) is 17.9 Å². The van der Waals surface area contributed by atoms with Gasteiger partial charge in [0, 0.05) is 43.5 Å². The number of aromatic nitrogens is 2. The molecule has 2 aromatic rings. The third-order valence-electron chi connectivity index (χ3n) is 4.15. The van der Waals surface area contributed by atoms with Gasteiger partial charge in [0.15, 0.2) is 5.78 Å². The van der Waals surface area contributed by atoms with E-state index in [4.69, 9.17) is 0 Å². The molecule has 2 heterocycles. The summed E-state index contributed by atoms with van der Waals surface area (Å²) in [4.78, 5) is 35.2. The Labute approximate surface area is 146 Å². The van der Waals surface area contributed by atoms with E-state index in [-0.39, 0.29) is 5.78 Å². The van der Waals surface area contributed by atoms with Gasteiger partial charge in [-0.15, -0.1) is 0 Å². The Balaban J connectivity index is 1.79. The molecule has 1 aliphatic rings. The van der Waals surface area contributed by atoms with E-state index in [1.165, 1.54) is 0 Å². The third-order valence-corrected chi connectivity index (χ3v) is 4.15. The fraction of sp³-hybridized carbons (Fsp3) is 0.333. The second-order valence-electron chi connectivity index (χ2n) is 6.05. The zero-order valence-electron chi connectivity index (χ0n) is 14.4. The van der Waals surface area contributed by atoms with Gasteiger partial charge in [-0.05, 0) is 26.0 Å². The van der Waals surface area contributed by atoms with Crippen molar-refractivity contribution in [2.24, 2.45) is 0 Å². The molecule has 1 fully saturated rings. The summed E-state index contributed by atoms with van der Waals surface area (Å²) in [6.07, 6.45) is 0.886. The van der Waals surface area contributed by atoms with E-state index in [0.717, 1.165) is 31.0 Å². The first kappa shape index (κ1) is 16.9. The number of nitrogens with one attached hydrogen (secondary N) is 1. The quantitative estimate of drug-likeness (QED) is 0.663. The van der Waals surface area contributed by atoms with Gasteiger partial charge in [0.05, 0.1) is 0 Å². The average molecular weight is 339 g/mol. The molecule has 7 heteroatoms. The maximum Gasteiger partial charge on any atom is 0.209 e. The van der Waals surface area contributed by atoms with E-state index in [2.05, 4.69) is 20.2 Å². The first-order valence-electron chi connectivity index (χ1n) is 8.23. The topological polar surface area (TPSA) is 78.4 Å². The van der Waals surface area contributed by atoms with Crippen LogP contribution in [0.4, 0.5) is 17.3 Å². The van der Waals surface area contributed by atoms with Crippen LogP contribution < -0.4 is 10.2 Å². The predicted octanol–water partition coefficient (Wildman–Crippen LogP) is 2.01. The molecule has 0 saturated carbocycles. The molecular formula is C18H21N5O2. The Hall–Kier alpha value is -2.96. The van der Waals surface area contributed by atoms with Crippen molar-refractivity contribution in [1.29, 1.82) is 0 Å². The Bertz CT molecular complexity index is 785. The molecule has 0 aliphatic carbocycles. The van der Waals surface area contributed by atoms with E-state index >= 15 is 0 Å². The Morgan fingerprint density at radius 3 is 2.60 bits per heavy atom. The third kappa shape index (κ3) is 4.12. The van der Waals surface area contributed by atoms with Crippen molar-refractivity contribution in [3.05, 3.63) is 41.7 Å². The zero-order valence-corrected chi connectivity index (χ0v) is 14.4. The van der Waals surface area contributed by atoms with Gasteiger partial charge in [-0.1, -0.05) is 12.1 Å². The fourth-order valence-corrected chi connectivity index (χ4v) is 2.80. The van der Waals surface area contributed by atoms with Crippen LogP contribution in [0.3, 0.4) is 0 Å². The Kier molecular flexibility index (Phi) is 4.92. The van der Waals surface area contributed by atoms with Gasteiger partial charge in [-0.25, -0.2) is 9.97 Å². The number of carbonyl (C=O) groups excluding carboxylic acids is 2. The highest BCUT2D eigenvalue weighted by Gasteiger charge is 2.17. The molecule has 1 amide bonds. The standard InChI is InChI=1S/C18H21N5O2/c1-13(25)15-4-3-5-16(10-15)21-17-11-18(20-14(2)19-17)23-8-6-22(12-24)7-9-23/h3-5,10-12H,6-9H2,1-2H3,(H,19,20,21). The van der Waals surface area contributed by atoms with Crippen molar-refractivity contribution in [3.63, 3.8) is 0 Å². The molecule has 0 radical (unpaired) electrons. The lowest BCUT2D eigenvalue weighted by Crippen LogP contribution is -2.46. The van der Waals surface area contributed by atoms with Crippen molar-refractivity contribution in [3.8, 4) is 0 Å². The normalized spacial score (nSPS) is 14.3. The average Bonchev–Trinajstić information content (AvgIpc) is 2.61. The number of piperazine rings is 1. The minimum absolute atomic E-state index is 0.0243. The minimum atomic E-state index is 0.0243. The first-order valence-corrected chi connectivity index (χ1v) is 8.23. The first-order chi connectivity index (χ1) is 12.0. The summed E-state index contributed by atoms with van der Waals surface area (Å²) in [5.41, 5.74) is 1.46. The highest BCUT2D eigenvalue weighted by Crippen LogP contribution is 2.21. The molecule has 1 aliphatic heterocycles. The van der Waals surface area contributed by atoms with Gasteiger partial charge in [-0.3, -0.25) is 9.59 Å². The SMILES string of the molecule is CC(=O)c1cccc(Nc2cc(N3CCN(C=O)CC3)nc(C)n2)c1. The number of ketones is 1. The van der Waals surface area contributed by atoms with Crippen LogP contribution in [-0.4, -0.2) is 53.2 Å². The predicted molar refractivity (Wildman–Crippen MR) is 96.3 cm³/mol. The van der Waals surface area contributed by atoms with Crippen LogP contribution in [-0.2, 0) is 4.79 Å². The molecule has 0 bridgehead atoms. The Morgan fingerprint density at radius 1 is 1.16 bits per heavy atom. The summed E-state index contributed by atoms with van der Waals surface area (Å²) in [5, 5.41) is 3.24. The molecule has 1 aromatic heterocycles. The van der Waals surface area contributed by atoms with Crippen LogP contribution in [0.5, 0.6) is 0 Å². The minimum Gasteiger partial charge on any atom is -0.353 e. The van der Waals surface area contributed by atoms with Crippen molar-refractivity contribution in [1.82, 2.24) is 14.9 Å². The summed E-state index contributed by atoms with van der Waals surface area (Å²) in [7, 11) is 0. The van der Waals surface area contributed by atoms with Crippen molar-refractivity contribution >= 4 is 29.5 Å². The number of nitrogens with zero attached hydrogens (tertiary/aromatic N) is 4. The van der Waals surface area contributed by atoms with Crippen molar-refractivity contribution < 1.29 is 9.59 Å². The number of carbonyl (C=O) groups is 2. The highest BCUT2D eigenvalue weighted by molar-refractivity contribution is 5.95. The molecule has 0 unspecified atom stereocenters. The van der Waals surface area contributed by atoms with Crippen LogP contribution in [0.1, 0.15) is 23.1 Å². The summed E-state index contributed by atoms with van der Waals surface area (Å²) in [6, 6.07) is 9.22. The van der Waals surface area contributed by atoms with Gasteiger partial charge >= 0.3 is 0 Å². The second kappa shape index (κ2) is 7.29. The van der Waals surface area contributed by atoms with Crippen LogP contribution in [0.2, 0.25) is 0 Å². The smallest absolute Gasteiger partial charge is 0.209 e. The van der Waals surface area contributed by atoms with Gasteiger partial charge in [-0.2, -0.15) is 0 Å². The van der Waals surface area contributed by atoms with E-state index in [0.29, 0.717) is 30.3 Å². The number of benzene rings is 1. The van der Waals surface area contributed by atoms with Crippen LogP contribution in [0, 0.1) is 6.92 Å². The van der Waals surface area contributed by atoms with Crippen molar-refractivity contribution in [2.45, 2.75) is 13.8 Å². The summed E-state index contributed by atoms with van der Waals surface area (Å²) in [5.74, 6) is 2.21. The van der Waals surface area contributed by atoms with E-state index < -0.39 is 0 Å². The molecular weight excluding hydrogens is 318 g/mol. The van der Waals surface area contributed by atoms with Gasteiger partial charge in [0.1, 0.15) is 17.5 Å². The number of rotatable bonds is 5. The van der Waals surface area contributed by atoms with E-state index in [1.807, 2.05) is 31.2 Å². The zero-order chi connectivity index (χ0) is 17.8. The van der Waals surface area contributed by atoms with Crippen LogP contribution in [0.25, 0.3) is 0 Å². The monoisotopic (exact) mass is 339 g/mol. The molecule has 1 N–H and O–H groups in total. The highest BCUT2D eigenvalue weighted by atomic mass is 16.1. The lowest BCUT2D eigenvalue weighted by molar-refractivity contribution is -0.118. The summed E-state index contributed by atoms with van der Waals surface area (Å²) in [6.45, 7) is 6.27. The van der Waals surface area contributed by atoms with Gasteiger partial charge < -0.3 is 15.1 Å². The van der Waals surface area contributed by atoms with Crippen LogP contribution in [0.15, 0.2) is 30.3 Å². The lowest BCUT2D eigenvalue weighted by Gasteiger charge is -2.33. The molecule has 1 aromatic carbocycles. The number of hydrogen-bond donors (Lipinski definition) is 1. The number of amides is 1. The molecule has 25 heavy (non-hydrogen) atoms. The Morgan fingerprint density at radius 2 is 1.92 bits per heavy atom. The molecule has 0 spiro atoms. The number of aryl methyl sites for hydroxylation is 1. The van der Waals surface area contributed by atoms with E-state index in [9.17, 15) is 9.59 Å². The number of anilines is 3. The molecule has 7 nitrogen and oxygen atoms in total. The van der Waals surface area contributed by atoms with Crippen molar-refractivity contribution in [2.75, 3.05) is 36.4 Å². The summed E-state index contributed by atoms with van der Waals surface area (Å²) >= 11 is 0.